The van der Waals surface area contributed by atoms with Gasteiger partial charge in [-0.3, -0.25) is 0 Å². The Morgan fingerprint density at radius 1 is 1.40 bits per heavy atom. The molecule has 0 N–H and O–H groups in total. The van der Waals surface area contributed by atoms with E-state index in [9.17, 15) is 4.39 Å². The second-order valence-electron chi connectivity index (χ2n) is 1.88. The van der Waals surface area contributed by atoms with E-state index in [2.05, 4.69) is 6.58 Å². The second kappa shape index (κ2) is 2.84. The van der Waals surface area contributed by atoms with Crippen LogP contribution in [-0.4, -0.2) is 0 Å². The molecule has 0 saturated carbocycles. The molecular weight excluding hydrogens is 151 g/mol. The summed E-state index contributed by atoms with van der Waals surface area (Å²) >= 11 is 5.62. The summed E-state index contributed by atoms with van der Waals surface area (Å²) in [6, 6.07) is 6.67. The van der Waals surface area contributed by atoms with Crippen molar-refractivity contribution in [2.75, 3.05) is 0 Å². The summed E-state index contributed by atoms with van der Waals surface area (Å²) in [5.41, 5.74) is 0.365. The van der Waals surface area contributed by atoms with Crippen LogP contribution < -0.4 is 0 Å². The average molecular weight is 157 g/mol. The highest BCUT2D eigenvalue weighted by molar-refractivity contribution is 6.32. The molecule has 2 heteroatoms. The Kier molecular flexibility index (Phi) is 2.07. The number of hydrogen-bond acceptors (Lipinski definition) is 0. The highest BCUT2D eigenvalue weighted by Gasteiger charge is 1.99. The van der Waals surface area contributed by atoms with Gasteiger partial charge in [0.25, 0.3) is 0 Å². The van der Waals surface area contributed by atoms with Gasteiger partial charge in [-0.1, -0.05) is 36.4 Å². The van der Waals surface area contributed by atoms with Crippen LogP contribution in [0.15, 0.2) is 30.8 Å². The minimum absolute atomic E-state index is 0.365. The third kappa shape index (κ3) is 1.36. The van der Waals surface area contributed by atoms with Crippen LogP contribution in [0.5, 0.6) is 0 Å². The van der Waals surface area contributed by atoms with E-state index in [0.29, 0.717) is 10.6 Å². The molecule has 10 heavy (non-hydrogen) atoms. The summed E-state index contributed by atoms with van der Waals surface area (Å²) in [5.74, 6) is -0.495. The van der Waals surface area contributed by atoms with Crippen molar-refractivity contribution in [2.24, 2.45) is 0 Å². The van der Waals surface area contributed by atoms with Crippen LogP contribution in [0.2, 0.25) is 5.02 Å². The second-order valence-corrected chi connectivity index (χ2v) is 2.29. The first-order chi connectivity index (χ1) is 4.72. The summed E-state index contributed by atoms with van der Waals surface area (Å²) in [6.07, 6.45) is 0. The van der Waals surface area contributed by atoms with Gasteiger partial charge in [0.05, 0.1) is 5.02 Å². The molecule has 0 heterocycles. The SMILES string of the molecule is C=C(F)c1ccccc1Cl. The quantitative estimate of drug-likeness (QED) is 0.586. The van der Waals surface area contributed by atoms with Gasteiger partial charge in [0.2, 0.25) is 0 Å². The molecule has 0 radical (unpaired) electrons. The standard InChI is InChI=1S/C8H6ClF/c1-6(10)7-4-2-3-5-8(7)9/h2-5H,1H2. The zero-order valence-corrected chi connectivity index (χ0v) is 6.03. The maximum atomic E-state index is 12.4. The van der Waals surface area contributed by atoms with Gasteiger partial charge in [-0.25, -0.2) is 4.39 Å². The summed E-state index contributed by atoms with van der Waals surface area (Å²) in [5, 5.41) is 0.398. The van der Waals surface area contributed by atoms with Crippen LogP contribution in [-0.2, 0) is 0 Å². The van der Waals surface area contributed by atoms with Crippen molar-refractivity contribution in [2.45, 2.75) is 0 Å². The lowest BCUT2D eigenvalue weighted by molar-refractivity contribution is 0.763. The predicted octanol–water partition coefficient (Wildman–Crippen LogP) is 3.28. The van der Waals surface area contributed by atoms with Gasteiger partial charge in [-0.2, -0.15) is 0 Å². The summed E-state index contributed by atoms with van der Waals surface area (Å²) in [7, 11) is 0. The molecule has 0 unspecified atom stereocenters. The van der Waals surface area contributed by atoms with Gasteiger partial charge in [-0.05, 0) is 6.07 Å². The van der Waals surface area contributed by atoms with E-state index in [0.717, 1.165) is 0 Å². The van der Waals surface area contributed by atoms with E-state index in [1.165, 1.54) is 0 Å². The molecule has 0 aliphatic rings. The molecule has 0 amide bonds. The normalized spacial score (nSPS) is 9.40. The summed E-state index contributed by atoms with van der Waals surface area (Å²) in [4.78, 5) is 0. The first kappa shape index (κ1) is 7.29. The Balaban J connectivity index is 3.15. The fourth-order valence-corrected chi connectivity index (χ4v) is 0.919. The average Bonchev–Trinajstić information content (AvgIpc) is 1.88. The fraction of sp³-hybridized carbons (Fsp3) is 0. The van der Waals surface area contributed by atoms with Gasteiger partial charge in [0.15, 0.2) is 0 Å². The zero-order valence-electron chi connectivity index (χ0n) is 5.27. The van der Waals surface area contributed by atoms with Crippen LogP contribution in [0.3, 0.4) is 0 Å². The minimum atomic E-state index is -0.495. The highest BCUT2D eigenvalue weighted by Crippen LogP contribution is 2.22. The van der Waals surface area contributed by atoms with Crippen LogP contribution >= 0.6 is 11.6 Å². The van der Waals surface area contributed by atoms with E-state index in [1.54, 1.807) is 24.3 Å². The summed E-state index contributed by atoms with van der Waals surface area (Å²) in [6.45, 7) is 3.14. The Morgan fingerprint density at radius 2 is 2.00 bits per heavy atom. The van der Waals surface area contributed by atoms with Crippen LogP contribution in [0.1, 0.15) is 5.56 Å². The Hall–Kier alpha value is -0.820. The maximum absolute atomic E-state index is 12.4. The van der Waals surface area contributed by atoms with Crippen LogP contribution in [0, 0.1) is 0 Å². The first-order valence-electron chi connectivity index (χ1n) is 2.81. The third-order valence-electron chi connectivity index (χ3n) is 1.17. The Morgan fingerprint density at radius 3 is 2.40 bits per heavy atom. The minimum Gasteiger partial charge on any atom is -0.207 e. The van der Waals surface area contributed by atoms with E-state index in [4.69, 9.17) is 11.6 Å². The molecule has 0 aliphatic carbocycles. The maximum Gasteiger partial charge on any atom is 0.124 e. The molecule has 0 atom stereocenters. The van der Waals surface area contributed by atoms with Crippen molar-refractivity contribution >= 4 is 17.4 Å². The van der Waals surface area contributed by atoms with Crippen molar-refractivity contribution < 1.29 is 4.39 Å². The van der Waals surface area contributed by atoms with Crippen molar-refractivity contribution in [3.8, 4) is 0 Å². The molecule has 0 aliphatic heterocycles. The summed E-state index contributed by atoms with van der Waals surface area (Å²) < 4.78 is 12.4. The van der Waals surface area contributed by atoms with Crippen LogP contribution in [0.4, 0.5) is 4.39 Å². The first-order valence-corrected chi connectivity index (χ1v) is 3.19. The number of rotatable bonds is 1. The molecule has 0 bridgehead atoms. The van der Waals surface area contributed by atoms with E-state index in [1.807, 2.05) is 0 Å². The molecule has 1 aromatic rings. The number of halogens is 2. The Labute approximate surface area is 63.9 Å². The topological polar surface area (TPSA) is 0 Å². The van der Waals surface area contributed by atoms with Gasteiger partial charge >= 0.3 is 0 Å². The van der Waals surface area contributed by atoms with Gasteiger partial charge in [0, 0.05) is 5.56 Å². The van der Waals surface area contributed by atoms with Crippen LogP contribution in [0.25, 0.3) is 5.83 Å². The van der Waals surface area contributed by atoms with Crippen molar-refractivity contribution in [3.05, 3.63) is 41.4 Å². The van der Waals surface area contributed by atoms with E-state index in [-0.39, 0.29) is 0 Å². The lowest BCUT2D eigenvalue weighted by Gasteiger charge is -1.96. The third-order valence-corrected chi connectivity index (χ3v) is 1.50. The predicted molar refractivity (Wildman–Crippen MR) is 41.6 cm³/mol. The molecule has 52 valence electrons. The molecule has 1 aromatic carbocycles. The monoisotopic (exact) mass is 156 g/mol. The molecule has 0 spiro atoms. The molecule has 0 fully saturated rings. The lowest BCUT2D eigenvalue weighted by Crippen LogP contribution is -1.76. The van der Waals surface area contributed by atoms with Crippen molar-refractivity contribution in [3.63, 3.8) is 0 Å². The zero-order chi connectivity index (χ0) is 7.56. The highest BCUT2D eigenvalue weighted by atomic mass is 35.5. The number of hydrogen-bond donors (Lipinski definition) is 0. The van der Waals surface area contributed by atoms with E-state index >= 15 is 0 Å². The largest absolute Gasteiger partial charge is 0.207 e. The molecular formula is C8H6ClF. The smallest absolute Gasteiger partial charge is 0.124 e. The molecule has 0 nitrogen and oxygen atoms in total. The molecule has 0 saturated heterocycles. The lowest BCUT2D eigenvalue weighted by atomic mass is 10.2. The van der Waals surface area contributed by atoms with E-state index < -0.39 is 5.83 Å². The van der Waals surface area contributed by atoms with Gasteiger partial charge in [-0.15, -0.1) is 0 Å². The van der Waals surface area contributed by atoms with Gasteiger partial charge < -0.3 is 0 Å². The van der Waals surface area contributed by atoms with Gasteiger partial charge in [0.1, 0.15) is 5.83 Å². The number of benzene rings is 1. The van der Waals surface area contributed by atoms with Crippen molar-refractivity contribution in [1.82, 2.24) is 0 Å². The fourth-order valence-electron chi connectivity index (χ4n) is 0.681. The molecule has 0 aromatic heterocycles. The molecule has 1 rings (SSSR count). The van der Waals surface area contributed by atoms with Crippen molar-refractivity contribution in [1.29, 1.82) is 0 Å². The Bertz CT molecular complexity index is 255.